The molecule has 2 amide bonds. The average molecular weight is 398 g/mol. The normalized spacial score (nSPS) is 19.9. The molecule has 0 radical (unpaired) electrons. The van der Waals surface area contributed by atoms with E-state index in [1.165, 1.54) is 24.3 Å². The summed E-state index contributed by atoms with van der Waals surface area (Å²) in [5, 5.41) is 2.76. The number of carbonyl (C=O) groups is 2. The van der Waals surface area contributed by atoms with Gasteiger partial charge in [0.2, 0.25) is 11.8 Å². The largest absolute Gasteiger partial charge is 0.493 e. The maximum atomic E-state index is 13.0. The molecule has 2 aromatic carbocycles. The number of anilines is 1. The maximum Gasteiger partial charge on any atom is 0.228 e. The Morgan fingerprint density at radius 1 is 1.03 bits per heavy atom. The van der Waals surface area contributed by atoms with Crippen molar-refractivity contribution in [3.05, 3.63) is 53.3 Å². The molecule has 0 bridgehead atoms. The van der Waals surface area contributed by atoms with Crippen LogP contribution in [-0.2, 0) is 22.6 Å². The van der Waals surface area contributed by atoms with Crippen LogP contribution in [0.3, 0.4) is 0 Å². The third kappa shape index (κ3) is 3.90. The Balaban J connectivity index is 1.39. The Kier molecular flexibility index (Phi) is 5.13. The summed E-state index contributed by atoms with van der Waals surface area (Å²) in [5.41, 5.74) is 2.71. The van der Waals surface area contributed by atoms with Crippen molar-refractivity contribution in [3.8, 4) is 11.5 Å². The summed E-state index contributed by atoms with van der Waals surface area (Å²) in [4.78, 5) is 27.1. The molecule has 6 nitrogen and oxygen atoms in total. The molecular weight excluding hydrogens is 375 g/mol. The SMILES string of the molecule is COc1cc2c(cc1OC)CN(C(=O)C1CC1C(=O)Nc1ccc(F)cc1)CC2. The number of ether oxygens (including phenoxy) is 2. The molecule has 7 heteroatoms. The van der Waals surface area contributed by atoms with Gasteiger partial charge in [0.15, 0.2) is 11.5 Å². The van der Waals surface area contributed by atoms with Crippen molar-refractivity contribution < 1.29 is 23.5 Å². The zero-order valence-electron chi connectivity index (χ0n) is 16.4. The number of methoxy groups -OCH3 is 2. The molecule has 29 heavy (non-hydrogen) atoms. The smallest absolute Gasteiger partial charge is 0.228 e. The lowest BCUT2D eigenvalue weighted by atomic mass is 9.98. The monoisotopic (exact) mass is 398 g/mol. The van der Waals surface area contributed by atoms with Crippen molar-refractivity contribution in [2.45, 2.75) is 19.4 Å². The lowest BCUT2D eigenvalue weighted by Crippen LogP contribution is -2.37. The molecule has 0 aromatic heterocycles. The lowest BCUT2D eigenvalue weighted by molar-refractivity contribution is -0.135. The molecule has 2 atom stereocenters. The number of carbonyl (C=O) groups excluding carboxylic acids is 2. The van der Waals surface area contributed by atoms with E-state index in [0.717, 1.165) is 17.5 Å². The Bertz CT molecular complexity index is 945. The second-order valence-corrected chi connectivity index (χ2v) is 7.43. The van der Waals surface area contributed by atoms with Gasteiger partial charge in [0, 0.05) is 18.8 Å². The maximum absolute atomic E-state index is 13.0. The molecule has 4 rings (SSSR count). The molecule has 1 N–H and O–H groups in total. The van der Waals surface area contributed by atoms with E-state index in [1.807, 2.05) is 17.0 Å². The predicted octanol–water partition coefficient (Wildman–Crippen LogP) is 3.00. The van der Waals surface area contributed by atoms with E-state index in [1.54, 1.807) is 14.2 Å². The molecule has 2 unspecified atom stereocenters. The van der Waals surface area contributed by atoms with Gasteiger partial charge in [-0.3, -0.25) is 9.59 Å². The molecule has 2 aliphatic rings. The minimum Gasteiger partial charge on any atom is -0.493 e. The van der Waals surface area contributed by atoms with Crippen LogP contribution in [0.5, 0.6) is 11.5 Å². The number of amides is 2. The van der Waals surface area contributed by atoms with Crippen LogP contribution in [0.15, 0.2) is 36.4 Å². The van der Waals surface area contributed by atoms with Gasteiger partial charge in [0.05, 0.1) is 26.1 Å². The van der Waals surface area contributed by atoms with Gasteiger partial charge in [-0.2, -0.15) is 0 Å². The minimum atomic E-state index is -0.359. The molecule has 1 saturated carbocycles. The van der Waals surface area contributed by atoms with E-state index >= 15 is 0 Å². The molecule has 1 fully saturated rings. The summed E-state index contributed by atoms with van der Waals surface area (Å²) >= 11 is 0. The summed E-state index contributed by atoms with van der Waals surface area (Å²) in [6.07, 6.45) is 1.28. The van der Waals surface area contributed by atoms with Gasteiger partial charge in [-0.05, 0) is 60.4 Å². The topological polar surface area (TPSA) is 67.9 Å². The number of hydrogen-bond acceptors (Lipinski definition) is 4. The first-order chi connectivity index (χ1) is 14.0. The number of hydrogen-bond donors (Lipinski definition) is 1. The van der Waals surface area contributed by atoms with Crippen molar-refractivity contribution in [3.63, 3.8) is 0 Å². The van der Waals surface area contributed by atoms with Gasteiger partial charge in [0.1, 0.15) is 5.82 Å². The average Bonchev–Trinajstić information content (AvgIpc) is 3.54. The number of rotatable bonds is 5. The fourth-order valence-corrected chi connectivity index (χ4v) is 3.83. The number of nitrogens with one attached hydrogen (secondary N) is 1. The quantitative estimate of drug-likeness (QED) is 0.841. The van der Waals surface area contributed by atoms with E-state index < -0.39 is 0 Å². The van der Waals surface area contributed by atoms with E-state index in [4.69, 9.17) is 9.47 Å². The van der Waals surface area contributed by atoms with Crippen molar-refractivity contribution in [2.24, 2.45) is 11.8 Å². The van der Waals surface area contributed by atoms with Crippen LogP contribution in [-0.4, -0.2) is 37.5 Å². The second-order valence-electron chi connectivity index (χ2n) is 7.43. The van der Waals surface area contributed by atoms with Crippen molar-refractivity contribution in [2.75, 3.05) is 26.1 Å². The fraction of sp³-hybridized carbons (Fsp3) is 0.364. The van der Waals surface area contributed by atoms with Gasteiger partial charge >= 0.3 is 0 Å². The first-order valence-electron chi connectivity index (χ1n) is 9.59. The summed E-state index contributed by atoms with van der Waals surface area (Å²) in [6, 6.07) is 9.48. The van der Waals surface area contributed by atoms with Gasteiger partial charge in [-0.1, -0.05) is 0 Å². The van der Waals surface area contributed by atoms with Crippen molar-refractivity contribution >= 4 is 17.5 Å². The Labute approximate surface area is 168 Å². The third-order valence-electron chi connectivity index (χ3n) is 5.59. The molecule has 2 aromatic rings. The summed E-state index contributed by atoms with van der Waals surface area (Å²) in [6.45, 7) is 1.11. The summed E-state index contributed by atoms with van der Waals surface area (Å²) in [7, 11) is 3.19. The number of nitrogens with zero attached hydrogens (tertiary/aromatic N) is 1. The van der Waals surface area contributed by atoms with Crippen LogP contribution in [0.25, 0.3) is 0 Å². The van der Waals surface area contributed by atoms with E-state index in [-0.39, 0.29) is 29.5 Å². The summed E-state index contributed by atoms with van der Waals surface area (Å²) in [5.74, 6) is 0.149. The van der Waals surface area contributed by atoms with Crippen LogP contribution in [0.1, 0.15) is 17.5 Å². The minimum absolute atomic E-state index is 0.00434. The Morgan fingerprint density at radius 3 is 2.34 bits per heavy atom. The van der Waals surface area contributed by atoms with E-state index in [0.29, 0.717) is 36.7 Å². The van der Waals surface area contributed by atoms with Crippen LogP contribution in [0, 0.1) is 17.7 Å². The molecule has 0 spiro atoms. The van der Waals surface area contributed by atoms with Crippen LogP contribution >= 0.6 is 0 Å². The van der Waals surface area contributed by atoms with Gasteiger partial charge < -0.3 is 19.7 Å². The molecule has 1 heterocycles. The standard InChI is InChI=1S/C22H23FN2O4/c1-28-19-9-13-7-8-25(12-14(13)10-20(19)29-2)22(27)18-11-17(18)21(26)24-16-5-3-15(23)4-6-16/h3-6,9-10,17-18H,7-8,11-12H2,1-2H3,(H,24,26). The highest BCUT2D eigenvalue weighted by atomic mass is 19.1. The van der Waals surface area contributed by atoms with Crippen LogP contribution in [0.2, 0.25) is 0 Å². The first-order valence-corrected chi connectivity index (χ1v) is 9.59. The molecule has 152 valence electrons. The first kappa shape index (κ1) is 19.2. The van der Waals surface area contributed by atoms with Gasteiger partial charge in [-0.15, -0.1) is 0 Å². The number of benzene rings is 2. The van der Waals surface area contributed by atoms with Crippen LogP contribution in [0.4, 0.5) is 10.1 Å². The molecule has 1 aliphatic carbocycles. The van der Waals surface area contributed by atoms with Crippen LogP contribution < -0.4 is 14.8 Å². The van der Waals surface area contributed by atoms with E-state index in [9.17, 15) is 14.0 Å². The summed E-state index contributed by atoms with van der Waals surface area (Å²) < 4.78 is 23.7. The zero-order chi connectivity index (χ0) is 20.5. The Hall–Kier alpha value is -3.09. The Morgan fingerprint density at radius 2 is 1.69 bits per heavy atom. The van der Waals surface area contributed by atoms with Crippen molar-refractivity contribution in [1.82, 2.24) is 4.90 Å². The second kappa shape index (κ2) is 7.73. The molecule has 0 saturated heterocycles. The molecular formula is C22H23FN2O4. The van der Waals surface area contributed by atoms with E-state index in [2.05, 4.69) is 5.32 Å². The predicted molar refractivity (Wildman–Crippen MR) is 105 cm³/mol. The van der Waals surface area contributed by atoms with Gasteiger partial charge in [0.25, 0.3) is 0 Å². The highest BCUT2D eigenvalue weighted by Gasteiger charge is 2.49. The number of halogens is 1. The number of fused-ring (bicyclic) bond motifs is 1. The van der Waals surface area contributed by atoms with Gasteiger partial charge in [-0.25, -0.2) is 4.39 Å². The highest BCUT2D eigenvalue weighted by molar-refractivity contribution is 5.99. The zero-order valence-corrected chi connectivity index (χ0v) is 16.4. The third-order valence-corrected chi connectivity index (χ3v) is 5.59. The van der Waals surface area contributed by atoms with Crippen molar-refractivity contribution in [1.29, 1.82) is 0 Å². The lowest BCUT2D eigenvalue weighted by Gasteiger charge is -2.30. The highest BCUT2D eigenvalue weighted by Crippen LogP contribution is 2.42. The molecule has 1 aliphatic heterocycles. The fourth-order valence-electron chi connectivity index (χ4n) is 3.83.